The highest BCUT2D eigenvalue weighted by molar-refractivity contribution is 6.14. The molecule has 1 unspecified atom stereocenters. The summed E-state index contributed by atoms with van der Waals surface area (Å²) in [5.41, 5.74) is 3.14. The fourth-order valence-electron chi connectivity index (χ4n) is 3.60. The van der Waals surface area contributed by atoms with Gasteiger partial charge in [0.15, 0.2) is 5.54 Å². The summed E-state index contributed by atoms with van der Waals surface area (Å²) in [5, 5.41) is 0. The molecule has 0 saturated carbocycles. The van der Waals surface area contributed by atoms with Gasteiger partial charge in [-0.2, -0.15) is 0 Å². The van der Waals surface area contributed by atoms with Gasteiger partial charge in [0, 0.05) is 16.5 Å². The zero-order valence-corrected chi connectivity index (χ0v) is 18.3. The summed E-state index contributed by atoms with van der Waals surface area (Å²) in [5.74, 6) is -0.363. The van der Waals surface area contributed by atoms with Crippen LogP contribution in [0.15, 0.2) is 89.9 Å². The molecule has 3 nitrogen and oxygen atoms in total. The highest BCUT2D eigenvalue weighted by Crippen LogP contribution is 2.40. The van der Waals surface area contributed by atoms with Gasteiger partial charge in [-0.25, -0.2) is 4.79 Å². The highest BCUT2D eigenvalue weighted by atomic mass is 16.5. The average molecular weight is 400 g/mol. The number of aliphatic imine (C=N–C) groups is 1. The van der Waals surface area contributed by atoms with E-state index in [2.05, 4.69) is 31.2 Å². The van der Waals surface area contributed by atoms with Crippen molar-refractivity contribution in [3.8, 4) is 0 Å². The Bertz CT molecular complexity index is 980. The molecule has 0 aliphatic carbocycles. The van der Waals surface area contributed by atoms with Gasteiger partial charge in [0.05, 0.1) is 12.8 Å². The summed E-state index contributed by atoms with van der Waals surface area (Å²) in [6.45, 7) is 8.01. The van der Waals surface area contributed by atoms with Gasteiger partial charge >= 0.3 is 5.97 Å². The number of benzene rings is 3. The molecule has 0 saturated heterocycles. The van der Waals surface area contributed by atoms with Crippen LogP contribution in [0, 0.1) is 6.92 Å². The van der Waals surface area contributed by atoms with Crippen molar-refractivity contribution in [1.29, 1.82) is 0 Å². The van der Waals surface area contributed by atoms with Gasteiger partial charge in [0.1, 0.15) is 0 Å². The van der Waals surface area contributed by atoms with E-state index in [-0.39, 0.29) is 5.97 Å². The van der Waals surface area contributed by atoms with Crippen LogP contribution >= 0.6 is 0 Å². The largest absolute Gasteiger partial charge is 0.467 e. The van der Waals surface area contributed by atoms with E-state index in [1.54, 1.807) is 0 Å². The van der Waals surface area contributed by atoms with Gasteiger partial charge in [0.25, 0.3) is 0 Å². The lowest BCUT2D eigenvalue weighted by molar-refractivity contribution is -0.148. The number of hydrogen-bond acceptors (Lipinski definition) is 3. The van der Waals surface area contributed by atoms with Gasteiger partial charge in [-0.1, -0.05) is 104 Å². The molecule has 0 amide bonds. The number of carbonyl (C=O) groups excluding carboxylic acids is 1. The molecule has 0 bridgehead atoms. The first kappa shape index (κ1) is 21.5. The Morgan fingerprint density at radius 3 is 1.67 bits per heavy atom. The maximum absolute atomic E-state index is 13.2. The second kappa shape index (κ2) is 8.66. The molecule has 3 aromatic carbocycles. The molecule has 0 radical (unpaired) electrons. The molecule has 154 valence electrons. The lowest BCUT2D eigenvalue weighted by atomic mass is 9.68. The molecule has 0 spiro atoms. The average Bonchev–Trinajstić information content (AvgIpc) is 2.78. The molecule has 0 aliphatic rings. The summed E-state index contributed by atoms with van der Waals surface area (Å²) >= 11 is 0. The Kier molecular flexibility index (Phi) is 6.21. The van der Waals surface area contributed by atoms with Crippen LogP contribution in [0.3, 0.4) is 0 Å². The molecule has 3 rings (SSSR count). The molecule has 0 aliphatic heterocycles. The molecule has 3 aromatic rings. The van der Waals surface area contributed by atoms with Gasteiger partial charge in [0.2, 0.25) is 0 Å². The minimum atomic E-state index is -1.14. The normalized spacial score (nSPS) is 13.2. The van der Waals surface area contributed by atoms with E-state index in [4.69, 9.17) is 9.73 Å². The lowest BCUT2D eigenvalue weighted by Gasteiger charge is -2.40. The molecule has 0 aromatic heterocycles. The Morgan fingerprint density at radius 2 is 1.23 bits per heavy atom. The summed E-state index contributed by atoms with van der Waals surface area (Å²) < 4.78 is 5.27. The lowest BCUT2D eigenvalue weighted by Crippen LogP contribution is -2.51. The van der Waals surface area contributed by atoms with E-state index in [1.165, 1.54) is 12.7 Å². The number of nitrogens with zero attached hydrogens (tertiary/aromatic N) is 1. The predicted octanol–water partition coefficient (Wildman–Crippen LogP) is 5.74. The zero-order chi connectivity index (χ0) is 21.8. The molecule has 0 fully saturated rings. The highest BCUT2D eigenvalue weighted by Gasteiger charge is 2.49. The van der Waals surface area contributed by atoms with Crippen LogP contribution in [-0.4, -0.2) is 24.3 Å². The van der Waals surface area contributed by atoms with Crippen LogP contribution in [0.5, 0.6) is 0 Å². The molecule has 0 heterocycles. The fourth-order valence-corrected chi connectivity index (χ4v) is 3.60. The number of carbonyl (C=O) groups is 1. The standard InChI is InChI=1S/C27H29NO2/c1-20-16-18-23(19-17-20)26(2,3)27(4,25(29)30-5)28-24(21-12-8-6-9-13-21)22-14-10-7-11-15-22/h6-19H,1-5H3. The monoisotopic (exact) mass is 399 g/mol. The van der Waals surface area contributed by atoms with E-state index >= 15 is 0 Å². The van der Waals surface area contributed by atoms with Crippen molar-refractivity contribution in [3.63, 3.8) is 0 Å². The maximum atomic E-state index is 13.2. The summed E-state index contributed by atoms with van der Waals surface area (Å²) in [6.07, 6.45) is 0. The van der Waals surface area contributed by atoms with E-state index in [9.17, 15) is 4.79 Å². The number of aryl methyl sites for hydroxylation is 1. The summed E-state index contributed by atoms with van der Waals surface area (Å²) in [4.78, 5) is 18.3. The quantitative estimate of drug-likeness (QED) is 0.391. The Labute approximate surface area is 179 Å². The van der Waals surface area contributed by atoms with Crippen molar-refractivity contribution < 1.29 is 9.53 Å². The second-order valence-electron chi connectivity index (χ2n) is 8.25. The van der Waals surface area contributed by atoms with Crippen molar-refractivity contribution in [2.24, 2.45) is 4.99 Å². The minimum absolute atomic E-state index is 0.363. The number of methoxy groups -OCH3 is 1. The van der Waals surface area contributed by atoms with Crippen LogP contribution in [0.1, 0.15) is 43.0 Å². The van der Waals surface area contributed by atoms with Crippen LogP contribution < -0.4 is 0 Å². The zero-order valence-electron chi connectivity index (χ0n) is 18.3. The third-order valence-electron chi connectivity index (χ3n) is 6.00. The maximum Gasteiger partial charge on any atom is 0.334 e. The Hall–Kier alpha value is -3.20. The smallest absolute Gasteiger partial charge is 0.334 e. The van der Waals surface area contributed by atoms with Crippen LogP contribution in [0.2, 0.25) is 0 Å². The van der Waals surface area contributed by atoms with E-state index in [1.807, 2.05) is 81.4 Å². The molecule has 0 N–H and O–H groups in total. The van der Waals surface area contributed by atoms with Crippen molar-refractivity contribution in [1.82, 2.24) is 0 Å². The SMILES string of the molecule is COC(=O)C(C)(N=C(c1ccccc1)c1ccccc1)C(C)(C)c1ccc(C)cc1. The first-order valence-corrected chi connectivity index (χ1v) is 10.2. The van der Waals surface area contributed by atoms with Gasteiger partial charge in [-0.3, -0.25) is 4.99 Å². The summed E-state index contributed by atoms with van der Waals surface area (Å²) in [6, 6.07) is 28.2. The van der Waals surface area contributed by atoms with Crippen LogP contribution in [0.4, 0.5) is 0 Å². The topological polar surface area (TPSA) is 38.7 Å². The Balaban J connectivity index is 2.25. The number of hydrogen-bond donors (Lipinski definition) is 0. The summed E-state index contributed by atoms with van der Waals surface area (Å²) in [7, 11) is 1.42. The second-order valence-corrected chi connectivity index (χ2v) is 8.25. The van der Waals surface area contributed by atoms with Gasteiger partial charge in [-0.05, 0) is 19.4 Å². The predicted molar refractivity (Wildman–Crippen MR) is 123 cm³/mol. The van der Waals surface area contributed by atoms with E-state index in [0.29, 0.717) is 0 Å². The molecule has 1 atom stereocenters. The first-order valence-electron chi connectivity index (χ1n) is 10.2. The van der Waals surface area contributed by atoms with Crippen molar-refractivity contribution in [2.75, 3.05) is 7.11 Å². The first-order chi connectivity index (χ1) is 14.3. The molecule has 30 heavy (non-hydrogen) atoms. The third kappa shape index (κ3) is 4.06. The number of ether oxygens (including phenoxy) is 1. The van der Waals surface area contributed by atoms with Crippen LogP contribution in [-0.2, 0) is 14.9 Å². The van der Waals surface area contributed by atoms with Crippen molar-refractivity contribution >= 4 is 11.7 Å². The van der Waals surface area contributed by atoms with Gasteiger partial charge < -0.3 is 4.74 Å². The van der Waals surface area contributed by atoms with Crippen molar-refractivity contribution in [2.45, 2.75) is 38.6 Å². The number of rotatable bonds is 6. The molecular weight excluding hydrogens is 370 g/mol. The minimum Gasteiger partial charge on any atom is -0.467 e. The molecule has 3 heteroatoms. The van der Waals surface area contributed by atoms with E-state index < -0.39 is 11.0 Å². The van der Waals surface area contributed by atoms with E-state index in [0.717, 1.165) is 22.4 Å². The van der Waals surface area contributed by atoms with Crippen LogP contribution in [0.25, 0.3) is 0 Å². The van der Waals surface area contributed by atoms with Gasteiger partial charge in [-0.15, -0.1) is 0 Å². The number of esters is 1. The fraction of sp³-hybridized carbons (Fsp3) is 0.259. The Morgan fingerprint density at radius 1 is 0.767 bits per heavy atom. The third-order valence-corrected chi connectivity index (χ3v) is 6.00. The molecular formula is C27H29NO2. The van der Waals surface area contributed by atoms with Crippen molar-refractivity contribution in [3.05, 3.63) is 107 Å².